The minimum atomic E-state index is -1.06. The van der Waals surface area contributed by atoms with Crippen molar-refractivity contribution in [3.05, 3.63) is 154 Å². The van der Waals surface area contributed by atoms with Crippen molar-refractivity contribution in [2.45, 2.75) is 82.1 Å². The van der Waals surface area contributed by atoms with Gasteiger partial charge in [-0.3, -0.25) is 14.4 Å². The van der Waals surface area contributed by atoms with Gasteiger partial charge in [0.05, 0.1) is 12.1 Å². The van der Waals surface area contributed by atoms with Crippen LogP contribution in [0.3, 0.4) is 0 Å². The van der Waals surface area contributed by atoms with Crippen molar-refractivity contribution >= 4 is 36.0 Å². The molecule has 5 rings (SSSR count). The molecule has 0 spiro atoms. The van der Waals surface area contributed by atoms with Crippen LogP contribution >= 0.6 is 0 Å². The molecular formula is C46H56N10O7. The summed E-state index contributed by atoms with van der Waals surface area (Å²) in [6, 6.07) is 34.7. The number of likely N-dealkylation sites (tertiary alicyclic amines) is 1. The second kappa shape index (κ2) is 23.1. The molecule has 4 aromatic rings. The third kappa shape index (κ3) is 15.0. The Bertz CT molecular complexity index is 2130. The van der Waals surface area contributed by atoms with E-state index in [0.29, 0.717) is 12.8 Å². The quantitative estimate of drug-likeness (QED) is 0.0257. The summed E-state index contributed by atoms with van der Waals surface area (Å²) in [6.07, 6.45) is 1.96. The molecule has 1 aliphatic rings. The van der Waals surface area contributed by atoms with Crippen LogP contribution in [0.5, 0.6) is 0 Å². The maximum Gasteiger partial charge on any atom is 0.408 e. The highest BCUT2D eigenvalue weighted by molar-refractivity contribution is 5.94. The second-order valence-corrected chi connectivity index (χ2v) is 16.0. The van der Waals surface area contributed by atoms with Crippen LogP contribution in [-0.2, 0) is 25.5 Å². The monoisotopic (exact) mass is 860 g/mol. The SMILES string of the molecule is CC(C)(C)OC(=O)NC(Cc1ccccc1)C(=O)N1CCC(c2ccccc2)C1C(=O)N[C@H](/C=N/NCC(=O)NC(c1ccccc1)c1ccccc1)CCCN/C(N)=N\[N+](=O)[O-]. The number of carbonyl (C=O) groups is 4. The van der Waals surface area contributed by atoms with Crippen molar-refractivity contribution in [3.63, 3.8) is 0 Å². The van der Waals surface area contributed by atoms with Crippen molar-refractivity contribution in [2.24, 2.45) is 15.9 Å². The molecule has 4 amide bonds. The van der Waals surface area contributed by atoms with Crippen molar-refractivity contribution < 1.29 is 28.9 Å². The number of nitrogens with one attached hydrogen (secondary N) is 5. The number of rotatable bonds is 19. The minimum Gasteiger partial charge on any atom is -0.444 e. The van der Waals surface area contributed by atoms with E-state index >= 15 is 0 Å². The number of guanidine groups is 1. The van der Waals surface area contributed by atoms with Gasteiger partial charge in [0.1, 0.15) is 29.3 Å². The Balaban J connectivity index is 1.36. The topological polar surface area (TPSA) is 235 Å². The first-order chi connectivity index (χ1) is 30.3. The first-order valence-electron chi connectivity index (χ1n) is 20.8. The van der Waals surface area contributed by atoms with Gasteiger partial charge in [-0.05, 0) is 62.3 Å². The minimum absolute atomic E-state index is 0.154. The van der Waals surface area contributed by atoms with E-state index in [-0.39, 0.29) is 44.3 Å². The zero-order chi connectivity index (χ0) is 45.2. The molecule has 0 saturated carbocycles. The maximum atomic E-state index is 14.6. The molecule has 1 saturated heterocycles. The fraction of sp³-hybridized carbons (Fsp3) is 0.348. The molecule has 332 valence electrons. The number of alkyl carbamates (subject to hydrolysis) is 1. The van der Waals surface area contributed by atoms with Gasteiger partial charge >= 0.3 is 6.09 Å². The zero-order valence-corrected chi connectivity index (χ0v) is 35.7. The van der Waals surface area contributed by atoms with Crippen LogP contribution < -0.4 is 32.4 Å². The number of hydrogen-bond donors (Lipinski definition) is 6. The molecule has 1 heterocycles. The van der Waals surface area contributed by atoms with Crippen molar-refractivity contribution in [1.82, 2.24) is 31.6 Å². The summed E-state index contributed by atoms with van der Waals surface area (Å²) in [5, 5.41) is 28.8. The average Bonchev–Trinajstić information content (AvgIpc) is 3.71. The Hall–Kier alpha value is -7.30. The first kappa shape index (κ1) is 46.8. The standard InChI is InChI=1S/C46H56N10O7/c1-46(2,3)63-45(60)52-38(29-32-17-8-4-9-18-32)43(59)55-28-26-37(33-19-10-5-11-20-33)41(55)42(58)51-36(25-16-27-48-44(47)54-56(61)62)30-49-50-31-39(57)53-40(34-21-12-6-13-22-34)35-23-14-7-15-24-35/h4-15,17-24,30,36-38,40-41,50H,16,25-29,31H2,1-3H3,(H,51,58)(H,52,60)(H,53,57)(H3,47,48,54)/b49-30+/t36-,37?,38?,41?/m0/s1. The Kier molecular flexibility index (Phi) is 17.1. The highest BCUT2D eigenvalue weighted by Gasteiger charge is 2.45. The molecule has 1 aliphatic heterocycles. The fourth-order valence-electron chi connectivity index (χ4n) is 7.35. The van der Waals surface area contributed by atoms with Crippen LogP contribution in [0.15, 0.2) is 132 Å². The lowest BCUT2D eigenvalue weighted by atomic mass is 9.90. The number of nitrogens with zero attached hydrogens (tertiary/aromatic N) is 4. The normalized spacial score (nSPS) is 16.2. The van der Waals surface area contributed by atoms with Gasteiger partial charge in [0.25, 0.3) is 5.96 Å². The van der Waals surface area contributed by atoms with Crippen LogP contribution in [0.1, 0.15) is 74.2 Å². The van der Waals surface area contributed by atoms with E-state index in [4.69, 9.17) is 10.5 Å². The van der Waals surface area contributed by atoms with Crippen LogP contribution in [-0.4, -0.2) is 89.3 Å². The Morgan fingerprint density at radius 1 is 0.873 bits per heavy atom. The Labute approximate surface area is 367 Å². The molecule has 0 aromatic heterocycles. The van der Waals surface area contributed by atoms with Crippen molar-refractivity contribution in [3.8, 4) is 0 Å². The van der Waals surface area contributed by atoms with Crippen LogP contribution in [0.4, 0.5) is 4.79 Å². The highest BCUT2D eigenvalue weighted by Crippen LogP contribution is 2.34. The fourth-order valence-corrected chi connectivity index (χ4v) is 7.35. The molecule has 17 heteroatoms. The molecular weight excluding hydrogens is 805 g/mol. The third-order valence-electron chi connectivity index (χ3n) is 10.1. The largest absolute Gasteiger partial charge is 0.444 e. The van der Waals surface area contributed by atoms with Gasteiger partial charge in [0.2, 0.25) is 17.7 Å². The lowest BCUT2D eigenvalue weighted by molar-refractivity contribution is -0.485. The number of ether oxygens (including phenoxy) is 1. The van der Waals surface area contributed by atoms with Crippen LogP contribution in [0.25, 0.3) is 0 Å². The summed E-state index contributed by atoms with van der Waals surface area (Å²) >= 11 is 0. The summed E-state index contributed by atoms with van der Waals surface area (Å²) in [5.41, 5.74) is 11.1. The summed E-state index contributed by atoms with van der Waals surface area (Å²) in [6.45, 7) is 5.42. The number of hydrogen-bond acceptors (Lipinski definition) is 9. The van der Waals surface area contributed by atoms with E-state index in [1.807, 2.05) is 121 Å². The molecule has 63 heavy (non-hydrogen) atoms. The van der Waals surface area contributed by atoms with E-state index in [1.165, 1.54) is 11.1 Å². The molecule has 7 N–H and O–H groups in total. The molecule has 0 bridgehead atoms. The summed E-state index contributed by atoms with van der Waals surface area (Å²) in [7, 11) is 0. The second-order valence-electron chi connectivity index (χ2n) is 16.0. The number of nitro groups is 1. The van der Waals surface area contributed by atoms with Crippen LogP contribution in [0, 0.1) is 10.1 Å². The van der Waals surface area contributed by atoms with Gasteiger partial charge < -0.3 is 42.1 Å². The van der Waals surface area contributed by atoms with Gasteiger partial charge in [-0.25, -0.2) is 14.9 Å². The van der Waals surface area contributed by atoms with Gasteiger partial charge in [-0.1, -0.05) is 121 Å². The molecule has 4 aromatic carbocycles. The van der Waals surface area contributed by atoms with Gasteiger partial charge in [-0.15, -0.1) is 0 Å². The van der Waals surface area contributed by atoms with E-state index in [2.05, 4.69) is 36.9 Å². The zero-order valence-electron chi connectivity index (χ0n) is 35.7. The molecule has 0 radical (unpaired) electrons. The first-order valence-corrected chi connectivity index (χ1v) is 20.8. The Morgan fingerprint density at radius 2 is 1.46 bits per heavy atom. The van der Waals surface area contributed by atoms with Gasteiger partial charge in [0, 0.05) is 31.6 Å². The van der Waals surface area contributed by atoms with E-state index in [1.54, 1.807) is 20.8 Å². The van der Waals surface area contributed by atoms with E-state index < -0.39 is 58.6 Å². The van der Waals surface area contributed by atoms with E-state index in [9.17, 15) is 29.3 Å². The number of nitrogens with two attached hydrogens (primary N) is 1. The highest BCUT2D eigenvalue weighted by atomic mass is 16.7. The lowest BCUT2D eigenvalue weighted by Crippen LogP contribution is -2.56. The summed E-state index contributed by atoms with van der Waals surface area (Å²) < 4.78 is 5.54. The maximum absolute atomic E-state index is 14.6. The van der Waals surface area contributed by atoms with Crippen molar-refractivity contribution in [2.75, 3.05) is 19.6 Å². The molecule has 17 nitrogen and oxygen atoms in total. The van der Waals surface area contributed by atoms with Gasteiger partial charge in [0.15, 0.2) is 5.03 Å². The Morgan fingerprint density at radius 3 is 2.05 bits per heavy atom. The van der Waals surface area contributed by atoms with E-state index in [0.717, 1.165) is 22.3 Å². The lowest BCUT2D eigenvalue weighted by Gasteiger charge is -2.32. The molecule has 1 fully saturated rings. The number of carbonyl (C=O) groups excluding carboxylic acids is 4. The van der Waals surface area contributed by atoms with Crippen LogP contribution in [0.2, 0.25) is 0 Å². The predicted molar refractivity (Wildman–Crippen MR) is 240 cm³/mol. The average molecular weight is 861 g/mol. The third-order valence-corrected chi connectivity index (χ3v) is 10.1. The van der Waals surface area contributed by atoms with Crippen molar-refractivity contribution in [1.29, 1.82) is 0 Å². The summed E-state index contributed by atoms with van der Waals surface area (Å²) in [5.74, 6) is -2.01. The molecule has 4 atom stereocenters. The number of amides is 4. The summed E-state index contributed by atoms with van der Waals surface area (Å²) in [4.78, 5) is 67.9. The number of hydrazone groups is 2. The smallest absolute Gasteiger partial charge is 0.408 e. The predicted octanol–water partition coefficient (Wildman–Crippen LogP) is 4.35. The van der Waals surface area contributed by atoms with Gasteiger partial charge in [-0.2, -0.15) is 5.10 Å². The number of benzene rings is 4. The molecule has 0 aliphatic carbocycles. The molecule has 3 unspecified atom stereocenters.